The molecular weight excluding hydrogens is 191 g/mol. The molecule has 0 spiro atoms. The zero-order chi connectivity index (χ0) is 10.7. The Bertz CT molecular complexity index is 512. The average Bonchev–Trinajstić information content (AvgIpc) is 2.30. The molecule has 0 aliphatic carbocycles. The summed E-state index contributed by atoms with van der Waals surface area (Å²) in [6.45, 7) is 0. The van der Waals surface area contributed by atoms with Gasteiger partial charge < -0.3 is 0 Å². The van der Waals surface area contributed by atoms with E-state index in [0.29, 0.717) is 5.56 Å². The molecule has 0 amide bonds. The van der Waals surface area contributed by atoms with Crippen molar-refractivity contribution in [3.63, 3.8) is 0 Å². The summed E-state index contributed by atoms with van der Waals surface area (Å²) in [5, 5.41) is 8.88. The SMILES string of the molecule is N#Cc1ccncc1-c1ccc(F)cc1. The van der Waals surface area contributed by atoms with Gasteiger partial charge in [0.2, 0.25) is 0 Å². The van der Waals surface area contributed by atoms with Crippen LogP contribution in [0, 0.1) is 17.1 Å². The number of hydrogen-bond acceptors (Lipinski definition) is 2. The van der Waals surface area contributed by atoms with Crippen molar-refractivity contribution in [1.82, 2.24) is 4.98 Å². The molecule has 0 aliphatic heterocycles. The highest BCUT2D eigenvalue weighted by Gasteiger charge is 2.03. The fourth-order valence-electron chi connectivity index (χ4n) is 1.35. The van der Waals surface area contributed by atoms with Crippen LogP contribution < -0.4 is 0 Å². The van der Waals surface area contributed by atoms with Gasteiger partial charge in [0.25, 0.3) is 0 Å². The van der Waals surface area contributed by atoms with Gasteiger partial charge in [-0.15, -0.1) is 0 Å². The highest BCUT2D eigenvalue weighted by atomic mass is 19.1. The summed E-state index contributed by atoms with van der Waals surface area (Å²) in [4.78, 5) is 3.95. The molecule has 0 N–H and O–H groups in total. The van der Waals surface area contributed by atoms with Gasteiger partial charge in [0.1, 0.15) is 5.82 Å². The van der Waals surface area contributed by atoms with Gasteiger partial charge in [-0.05, 0) is 23.8 Å². The van der Waals surface area contributed by atoms with Crippen LogP contribution in [0.5, 0.6) is 0 Å². The molecule has 2 rings (SSSR count). The van der Waals surface area contributed by atoms with Crippen molar-refractivity contribution in [3.05, 3.63) is 54.1 Å². The maximum atomic E-state index is 12.7. The summed E-state index contributed by atoms with van der Waals surface area (Å²) in [7, 11) is 0. The highest BCUT2D eigenvalue weighted by molar-refractivity contribution is 5.69. The molecule has 1 aromatic carbocycles. The van der Waals surface area contributed by atoms with Crippen LogP contribution in [0.1, 0.15) is 5.56 Å². The number of rotatable bonds is 1. The number of halogens is 1. The van der Waals surface area contributed by atoms with Crippen LogP contribution in [0.3, 0.4) is 0 Å². The van der Waals surface area contributed by atoms with Crippen LogP contribution in [0.25, 0.3) is 11.1 Å². The molecule has 0 aliphatic rings. The van der Waals surface area contributed by atoms with Crippen LogP contribution in [0.2, 0.25) is 0 Å². The summed E-state index contributed by atoms with van der Waals surface area (Å²) in [6, 6.07) is 9.71. The standard InChI is InChI=1S/C12H7FN2/c13-11-3-1-9(2-4-11)12-8-15-6-5-10(12)7-14/h1-6,8H. The minimum Gasteiger partial charge on any atom is -0.264 e. The number of pyridine rings is 1. The lowest BCUT2D eigenvalue weighted by atomic mass is 10.0. The number of hydrogen-bond donors (Lipinski definition) is 0. The maximum absolute atomic E-state index is 12.7. The molecule has 0 saturated carbocycles. The first-order chi connectivity index (χ1) is 7.31. The van der Waals surface area contributed by atoms with E-state index in [9.17, 15) is 4.39 Å². The molecule has 0 unspecified atom stereocenters. The van der Waals surface area contributed by atoms with E-state index in [2.05, 4.69) is 11.1 Å². The Kier molecular flexibility index (Phi) is 2.42. The lowest BCUT2D eigenvalue weighted by Crippen LogP contribution is -1.85. The highest BCUT2D eigenvalue weighted by Crippen LogP contribution is 2.21. The Morgan fingerprint density at radius 3 is 2.53 bits per heavy atom. The first kappa shape index (κ1) is 9.35. The Balaban J connectivity index is 2.55. The van der Waals surface area contributed by atoms with Crippen LogP contribution >= 0.6 is 0 Å². The van der Waals surface area contributed by atoms with Gasteiger partial charge in [-0.3, -0.25) is 4.98 Å². The molecule has 0 radical (unpaired) electrons. The summed E-state index contributed by atoms with van der Waals surface area (Å²) < 4.78 is 12.7. The number of benzene rings is 1. The molecule has 72 valence electrons. The first-order valence-electron chi connectivity index (χ1n) is 4.41. The fraction of sp³-hybridized carbons (Fsp3) is 0. The predicted octanol–water partition coefficient (Wildman–Crippen LogP) is 2.76. The van der Waals surface area contributed by atoms with Crippen LogP contribution in [-0.2, 0) is 0 Å². The van der Waals surface area contributed by atoms with Gasteiger partial charge >= 0.3 is 0 Å². The maximum Gasteiger partial charge on any atom is 0.123 e. The van der Waals surface area contributed by atoms with E-state index in [1.54, 1.807) is 30.6 Å². The molecule has 1 aromatic heterocycles. The molecule has 0 fully saturated rings. The molecule has 2 nitrogen and oxygen atoms in total. The van der Waals surface area contributed by atoms with E-state index in [1.807, 2.05) is 0 Å². The zero-order valence-corrected chi connectivity index (χ0v) is 7.81. The van der Waals surface area contributed by atoms with E-state index in [-0.39, 0.29) is 5.82 Å². The Labute approximate surface area is 86.6 Å². The summed E-state index contributed by atoms with van der Waals surface area (Å²) >= 11 is 0. The van der Waals surface area contributed by atoms with Gasteiger partial charge in [-0.1, -0.05) is 12.1 Å². The second-order valence-corrected chi connectivity index (χ2v) is 3.04. The third kappa shape index (κ3) is 1.84. The van der Waals surface area contributed by atoms with E-state index in [0.717, 1.165) is 11.1 Å². The Morgan fingerprint density at radius 1 is 1.13 bits per heavy atom. The zero-order valence-electron chi connectivity index (χ0n) is 7.81. The third-order valence-corrected chi connectivity index (χ3v) is 2.10. The largest absolute Gasteiger partial charge is 0.264 e. The molecule has 2 aromatic rings. The molecule has 0 saturated heterocycles. The normalized spacial score (nSPS) is 9.60. The Hall–Kier alpha value is -2.21. The number of aromatic nitrogens is 1. The van der Waals surface area contributed by atoms with Crippen molar-refractivity contribution in [2.75, 3.05) is 0 Å². The van der Waals surface area contributed by atoms with Gasteiger partial charge in [-0.2, -0.15) is 5.26 Å². The van der Waals surface area contributed by atoms with E-state index < -0.39 is 0 Å². The topological polar surface area (TPSA) is 36.7 Å². The summed E-state index contributed by atoms with van der Waals surface area (Å²) in [5.74, 6) is -0.291. The summed E-state index contributed by atoms with van der Waals surface area (Å²) in [6.07, 6.45) is 3.16. The van der Waals surface area contributed by atoms with Gasteiger partial charge in [0, 0.05) is 18.0 Å². The minimum absolute atomic E-state index is 0.291. The van der Waals surface area contributed by atoms with E-state index >= 15 is 0 Å². The van der Waals surface area contributed by atoms with E-state index in [1.165, 1.54) is 12.1 Å². The quantitative estimate of drug-likeness (QED) is 0.706. The minimum atomic E-state index is -0.291. The van der Waals surface area contributed by atoms with E-state index in [4.69, 9.17) is 5.26 Å². The van der Waals surface area contributed by atoms with Gasteiger partial charge in [0.15, 0.2) is 0 Å². The van der Waals surface area contributed by atoms with Crippen LogP contribution in [0.4, 0.5) is 4.39 Å². The van der Waals surface area contributed by atoms with Crippen molar-refractivity contribution in [3.8, 4) is 17.2 Å². The third-order valence-electron chi connectivity index (χ3n) is 2.10. The van der Waals surface area contributed by atoms with Crippen molar-refractivity contribution in [2.45, 2.75) is 0 Å². The fourth-order valence-corrected chi connectivity index (χ4v) is 1.35. The smallest absolute Gasteiger partial charge is 0.123 e. The van der Waals surface area contributed by atoms with Crippen LogP contribution in [0.15, 0.2) is 42.7 Å². The number of nitriles is 1. The lowest BCUT2D eigenvalue weighted by Gasteiger charge is -2.02. The molecule has 0 bridgehead atoms. The predicted molar refractivity (Wildman–Crippen MR) is 54.3 cm³/mol. The second kappa shape index (κ2) is 3.89. The van der Waals surface area contributed by atoms with Crippen molar-refractivity contribution in [1.29, 1.82) is 5.26 Å². The molecule has 0 atom stereocenters. The average molecular weight is 198 g/mol. The summed E-state index contributed by atoms with van der Waals surface area (Å²) in [5.41, 5.74) is 2.05. The number of nitrogens with zero attached hydrogens (tertiary/aromatic N) is 2. The van der Waals surface area contributed by atoms with Crippen molar-refractivity contribution >= 4 is 0 Å². The van der Waals surface area contributed by atoms with Crippen LogP contribution in [-0.4, -0.2) is 4.98 Å². The Morgan fingerprint density at radius 2 is 1.87 bits per heavy atom. The lowest BCUT2D eigenvalue weighted by molar-refractivity contribution is 0.628. The molecule has 3 heteroatoms. The van der Waals surface area contributed by atoms with Gasteiger partial charge in [-0.25, -0.2) is 4.39 Å². The van der Waals surface area contributed by atoms with Crippen molar-refractivity contribution < 1.29 is 4.39 Å². The molecule has 15 heavy (non-hydrogen) atoms. The van der Waals surface area contributed by atoms with Crippen molar-refractivity contribution in [2.24, 2.45) is 0 Å². The molecular formula is C12H7FN2. The van der Waals surface area contributed by atoms with Gasteiger partial charge in [0.05, 0.1) is 11.6 Å². The second-order valence-electron chi connectivity index (χ2n) is 3.04. The molecule has 1 heterocycles. The first-order valence-corrected chi connectivity index (χ1v) is 4.41. The monoisotopic (exact) mass is 198 g/mol.